The maximum Gasteiger partial charge on any atom is 0.497 e. The summed E-state index contributed by atoms with van der Waals surface area (Å²) in [7, 11) is -3.21. The SMILES string of the molecule is COCCNS(=O)(=O)c1ccc(B2OC(C)(C)C(C)(C)O2)c(F)c1. The maximum absolute atomic E-state index is 14.4. The van der Waals surface area contributed by atoms with Gasteiger partial charge in [0.1, 0.15) is 5.82 Å². The molecule has 1 aliphatic heterocycles. The Morgan fingerprint density at radius 3 is 2.29 bits per heavy atom. The van der Waals surface area contributed by atoms with Gasteiger partial charge in [-0.25, -0.2) is 17.5 Å². The molecule has 2 rings (SSSR count). The zero-order chi connectivity index (χ0) is 18.2. The molecule has 0 radical (unpaired) electrons. The van der Waals surface area contributed by atoms with Crippen molar-refractivity contribution in [2.45, 2.75) is 43.8 Å². The van der Waals surface area contributed by atoms with Gasteiger partial charge in [-0.15, -0.1) is 0 Å². The molecule has 1 fully saturated rings. The summed E-state index contributed by atoms with van der Waals surface area (Å²) in [6.45, 7) is 7.80. The lowest BCUT2D eigenvalue weighted by Gasteiger charge is -2.32. The number of rotatable bonds is 6. The molecule has 1 heterocycles. The summed E-state index contributed by atoms with van der Waals surface area (Å²) < 4.78 is 57.4. The highest BCUT2D eigenvalue weighted by atomic mass is 32.2. The van der Waals surface area contributed by atoms with Crippen LogP contribution < -0.4 is 10.2 Å². The fraction of sp³-hybridized carbons (Fsp3) is 0.600. The van der Waals surface area contributed by atoms with Crippen molar-refractivity contribution >= 4 is 22.6 Å². The third kappa shape index (κ3) is 3.80. The van der Waals surface area contributed by atoms with Gasteiger partial charge in [-0.2, -0.15) is 0 Å². The fourth-order valence-corrected chi connectivity index (χ4v) is 3.22. The predicted molar refractivity (Wildman–Crippen MR) is 89.2 cm³/mol. The van der Waals surface area contributed by atoms with Crippen molar-refractivity contribution in [3.05, 3.63) is 24.0 Å². The summed E-state index contributed by atoms with van der Waals surface area (Å²) >= 11 is 0. The molecule has 6 nitrogen and oxygen atoms in total. The summed E-state index contributed by atoms with van der Waals surface area (Å²) in [6.07, 6.45) is 0. The molecule has 134 valence electrons. The smallest absolute Gasteiger partial charge is 0.399 e. The first kappa shape index (κ1) is 19.3. The molecule has 1 N–H and O–H groups in total. The second-order valence-corrected chi connectivity index (χ2v) is 8.43. The monoisotopic (exact) mass is 359 g/mol. The molecular weight excluding hydrogens is 336 g/mol. The van der Waals surface area contributed by atoms with Crippen LogP contribution in [-0.2, 0) is 24.1 Å². The molecular formula is C15H23BFNO5S. The molecule has 0 spiro atoms. The molecule has 1 saturated heterocycles. The third-order valence-corrected chi connectivity index (χ3v) is 5.85. The number of methoxy groups -OCH3 is 1. The molecule has 1 aromatic carbocycles. The van der Waals surface area contributed by atoms with E-state index in [2.05, 4.69) is 4.72 Å². The van der Waals surface area contributed by atoms with Crippen LogP contribution in [0.2, 0.25) is 0 Å². The van der Waals surface area contributed by atoms with Crippen LogP contribution in [0.4, 0.5) is 4.39 Å². The Morgan fingerprint density at radius 1 is 1.21 bits per heavy atom. The first-order valence-electron chi connectivity index (χ1n) is 7.64. The lowest BCUT2D eigenvalue weighted by atomic mass is 9.79. The van der Waals surface area contributed by atoms with Gasteiger partial charge < -0.3 is 14.0 Å². The second-order valence-electron chi connectivity index (χ2n) is 6.66. The number of benzene rings is 1. The van der Waals surface area contributed by atoms with E-state index in [9.17, 15) is 12.8 Å². The Kier molecular flexibility index (Phi) is 5.41. The van der Waals surface area contributed by atoms with Crippen molar-refractivity contribution in [1.29, 1.82) is 0 Å². The van der Waals surface area contributed by atoms with Crippen LogP contribution in [0.25, 0.3) is 0 Å². The van der Waals surface area contributed by atoms with E-state index in [0.717, 1.165) is 6.07 Å². The van der Waals surface area contributed by atoms with Crippen LogP contribution in [0.5, 0.6) is 0 Å². The number of sulfonamides is 1. The number of hydrogen-bond donors (Lipinski definition) is 1. The first-order valence-corrected chi connectivity index (χ1v) is 9.12. The van der Waals surface area contributed by atoms with Crippen molar-refractivity contribution in [2.75, 3.05) is 20.3 Å². The first-order chi connectivity index (χ1) is 11.0. The number of hydrogen-bond acceptors (Lipinski definition) is 5. The molecule has 1 aliphatic rings. The van der Waals surface area contributed by atoms with Gasteiger partial charge in [-0.1, -0.05) is 6.07 Å². The highest BCUT2D eigenvalue weighted by Crippen LogP contribution is 2.36. The molecule has 0 bridgehead atoms. The second kappa shape index (κ2) is 6.72. The molecule has 24 heavy (non-hydrogen) atoms. The largest absolute Gasteiger partial charge is 0.497 e. The van der Waals surface area contributed by atoms with Crippen LogP contribution >= 0.6 is 0 Å². The quantitative estimate of drug-likeness (QED) is 0.607. The lowest BCUT2D eigenvalue weighted by Crippen LogP contribution is -2.41. The fourth-order valence-electron chi connectivity index (χ4n) is 2.20. The average Bonchev–Trinajstić information content (AvgIpc) is 2.67. The summed E-state index contributed by atoms with van der Waals surface area (Å²) in [4.78, 5) is -0.156. The van der Waals surface area contributed by atoms with Gasteiger partial charge >= 0.3 is 7.12 Å². The van der Waals surface area contributed by atoms with E-state index in [-0.39, 0.29) is 23.5 Å². The van der Waals surface area contributed by atoms with Crippen LogP contribution in [0, 0.1) is 5.82 Å². The zero-order valence-corrected chi connectivity index (χ0v) is 15.4. The van der Waals surface area contributed by atoms with E-state index in [0.29, 0.717) is 0 Å². The van der Waals surface area contributed by atoms with E-state index >= 15 is 0 Å². The highest BCUT2D eigenvalue weighted by molar-refractivity contribution is 7.89. The highest BCUT2D eigenvalue weighted by Gasteiger charge is 2.52. The van der Waals surface area contributed by atoms with Crippen molar-refractivity contribution in [3.63, 3.8) is 0 Å². The minimum Gasteiger partial charge on any atom is -0.399 e. The number of ether oxygens (including phenoxy) is 1. The average molecular weight is 359 g/mol. The summed E-state index contributed by atoms with van der Waals surface area (Å²) in [5.74, 6) is -0.692. The minimum atomic E-state index is -3.79. The molecule has 0 aromatic heterocycles. The Hall–Kier alpha value is -0.995. The maximum atomic E-state index is 14.4. The van der Waals surface area contributed by atoms with Gasteiger partial charge in [0.15, 0.2) is 0 Å². The van der Waals surface area contributed by atoms with Gasteiger partial charge in [-0.3, -0.25) is 0 Å². The summed E-state index contributed by atoms with van der Waals surface area (Å²) in [5.41, 5.74) is -1.03. The third-order valence-electron chi connectivity index (χ3n) is 4.39. The van der Waals surface area contributed by atoms with E-state index in [1.165, 1.54) is 19.2 Å². The van der Waals surface area contributed by atoms with Gasteiger partial charge in [0.2, 0.25) is 10.0 Å². The molecule has 1 aromatic rings. The van der Waals surface area contributed by atoms with Crippen LogP contribution in [-0.4, -0.2) is 47.0 Å². The van der Waals surface area contributed by atoms with Crippen molar-refractivity contribution in [1.82, 2.24) is 4.72 Å². The Bertz CT molecular complexity index is 692. The number of halogens is 1. The Balaban J connectivity index is 2.22. The molecule has 9 heteroatoms. The predicted octanol–water partition coefficient (Wildman–Crippen LogP) is 1.05. The molecule has 0 aliphatic carbocycles. The topological polar surface area (TPSA) is 73.9 Å². The van der Waals surface area contributed by atoms with E-state index in [1.54, 1.807) is 0 Å². The van der Waals surface area contributed by atoms with Crippen molar-refractivity contribution < 1.29 is 26.9 Å². The Labute approximate surface area is 142 Å². The molecule has 0 amide bonds. The van der Waals surface area contributed by atoms with Crippen LogP contribution in [0.1, 0.15) is 27.7 Å². The van der Waals surface area contributed by atoms with Crippen LogP contribution in [0.15, 0.2) is 23.1 Å². The van der Waals surface area contributed by atoms with Gasteiger partial charge in [0.05, 0.1) is 22.7 Å². The molecule has 0 saturated carbocycles. The standard InChI is InChI=1S/C15H23BFNO5S/c1-14(2)15(3,4)23-16(22-14)12-7-6-11(10-13(12)17)24(19,20)18-8-9-21-5/h6-7,10,18H,8-9H2,1-5H3. The minimum absolute atomic E-state index is 0.111. The van der Waals surface area contributed by atoms with E-state index in [4.69, 9.17) is 14.0 Å². The van der Waals surface area contributed by atoms with Crippen molar-refractivity contribution in [3.8, 4) is 0 Å². The van der Waals surface area contributed by atoms with Gasteiger partial charge in [0, 0.05) is 19.1 Å². The van der Waals surface area contributed by atoms with E-state index < -0.39 is 34.2 Å². The van der Waals surface area contributed by atoms with Crippen molar-refractivity contribution in [2.24, 2.45) is 0 Å². The van der Waals surface area contributed by atoms with Crippen LogP contribution in [0.3, 0.4) is 0 Å². The summed E-state index contributed by atoms with van der Waals surface area (Å²) in [6, 6.07) is 3.68. The molecule has 0 atom stereocenters. The van der Waals surface area contributed by atoms with E-state index in [1.807, 2.05) is 27.7 Å². The zero-order valence-electron chi connectivity index (χ0n) is 14.6. The lowest BCUT2D eigenvalue weighted by molar-refractivity contribution is 0.00578. The van der Waals surface area contributed by atoms with Gasteiger partial charge in [-0.05, 0) is 39.8 Å². The number of nitrogens with one attached hydrogen (secondary N) is 1. The Morgan fingerprint density at radius 2 is 1.79 bits per heavy atom. The summed E-state index contributed by atoms with van der Waals surface area (Å²) in [5, 5.41) is 0. The van der Waals surface area contributed by atoms with Gasteiger partial charge in [0.25, 0.3) is 0 Å². The normalized spacial score (nSPS) is 19.7. The molecule has 0 unspecified atom stereocenters.